The Kier molecular flexibility index (Phi) is 25.0. The number of carbonyl (C=O) groups is 5. The first kappa shape index (κ1) is 56.6. The summed E-state index contributed by atoms with van der Waals surface area (Å²) >= 11 is 0. The minimum absolute atomic E-state index is 0. The van der Waals surface area contributed by atoms with Crippen LogP contribution >= 0.6 is 0 Å². The van der Waals surface area contributed by atoms with Gasteiger partial charge >= 0.3 is 5.97 Å². The summed E-state index contributed by atoms with van der Waals surface area (Å²) in [4.78, 5) is 70.4. The molecule has 11 heteroatoms. The quantitative estimate of drug-likeness (QED) is 0.207. The minimum Gasteiger partial charge on any atom is -0.461 e. The number of fused-ring (bicyclic) bond motifs is 3. The van der Waals surface area contributed by atoms with Gasteiger partial charge in [0, 0.05) is 44.8 Å². The summed E-state index contributed by atoms with van der Waals surface area (Å²) in [6.07, 6.45) is 15.8. The van der Waals surface area contributed by atoms with Crippen LogP contribution in [-0.2, 0) is 42.9 Å². The molecule has 2 saturated carbocycles. The molecule has 3 fully saturated rings. The molecule has 14 unspecified atom stereocenters. The number of rotatable bonds is 5. The standard InChI is InChI=1S/C51H82O10.CH4.H2O/c1-31-18-12-10-13-19-32(2)43(58-8)29-39-25-24-33(3)49(60-39)48(56)47(55)40-22-16-17-23-41(40)51(57)61-44(35(5)28-38-20-14-11-15-21-38)30-42(52)34(4)27-37(7)46(54)50(59-9)45(53)36(6)26-31;;/h10,13,19,31,33-41,43-44,46,49-50,54H,11-12,14-18,20-30H2,1-9H3;1H4;1H2. The van der Waals surface area contributed by atoms with Crippen molar-refractivity contribution in [2.24, 2.45) is 53.3 Å². The van der Waals surface area contributed by atoms with Crippen molar-refractivity contribution in [2.45, 2.75) is 208 Å². The summed E-state index contributed by atoms with van der Waals surface area (Å²) in [6, 6.07) is 0. The number of aliphatic hydroxyl groups excluding tert-OH is 1. The number of methoxy groups -OCH3 is 2. The molecule has 63 heavy (non-hydrogen) atoms. The third-order valence-electron chi connectivity index (χ3n) is 15.0. The van der Waals surface area contributed by atoms with Gasteiger partial charge in [0.1, 0.15) is 24.1 Å². The van der Waals surface area contributed by atoms with E-state index in [2.05, 4.69) is 19.9 Å². The number of ketones is 4. The summed E-state index contributed by atoms with van der Waals surface area (Å²) in [5.41, 5.74) is 1.03. The van der Waals surface area contributed by atoms with E-state index in [0.29, 0.717) is 38.0 Å². The first-order chi connectivity index (χ1) is 29.1. The third kappa shape index (κ3) is 16.4. The average Bonchev–Trinajstić information content (AvgIpc) is 3.24. The van der Waals surface area contributed by atoms with Gasteiger partial charge in [-0.3, -0.25) is 24.0 Å². The van der Waals surface area contributed by atoms with Crippen LogP contribution in [0, 0.1) is 53.3 Å². The second-order valence-electron chi connectivity index (χ2n) is 20.1. The Morgan fingerprint density at radius 2 is 1.41 bits per heavy atom. The highest BCUT2D eigenvalue weighted by Crippen LogP contribution is 2.38. The monoisotopic (exact) mass is 889 g/mol. The highest BCUT2D eigenvalue weighted by molar-refractivity contribution is 6.40. The summed E-state index contributed by atoms with van der Waals surface area (Å²) in [6.45, 7) is 13.8. The number of cyclic esters (lactones) is 1. The lowest BCUT2D eigenvalue weighted by molar-refractivity contribution is -0.166. The van der Waals surface area contributed by atoms with E-state index in [0.717, 1.165) is 63.4 Å². The van der Waals surface area contributed by atoms with E-state index in [4.69, 9.17) is 18.9 Å². The maximum atomic E-state index is 14.3. The van der Waals surface area contributed by atoms with Crippen molar-refractivity contribution in [1.29, 1.82) is 0 Å². The topological polar surface area (TPSA) is 174 Å². The van der Waals surface area contributed by atoms with Gasteiger partial charge in [0.15, 0.2) is 5.78 Å². The first-order valence-corrected chi connectivity index (χ1v) is 24.1. The molecule has 0 aromatic carbocycles. The minimum atomic E-state index is -1.09. The van der Waals surface area contributed by atoms with E-state index < -0.39 is 65.6 Å². The number of esters is 1. The van der Waals surface area contributed by atoms with E-state index in [1.807, 2.05) is 46.8 Å². The second kappa shape index (κ2) is 27.8. The van der Waals surface area contributed by atoms with E-state index in [-0.39, 0.29) is 66.8 Å². The zero-order valence-corrected chi connectivity index (χ0v) is 39.7. The van der Waals surface area contributed by atoms with Crippen molar-refractivity contribution >= 4 is 29.1 Å². The van der Waals surface area contributed by atoms with Gasteiger partial charge in [-0.2, -0.15) is 0 Å². The van der Waals surface area contributed by atoms with Crippen molar-refractivity contribution < 1.29 is 53.5 Å². The van der Waals surface area contributed by atoms with E-state index in [1.165, 1.54) is 26.4 Å². The van der Waals surface area contributed by atoms with Crippen molar-refractivity contribution in [3.05, 3.63) is 23.8 Å². The smallest absolute Gasteiger partial charge is 0.309 e. The molecule has 4 aliphatic rings. The van der Waals surface area contributed by atoms with Crippen molar-refractivity contribution in [2.75, 3.05) is 14.2 Å². The molecular weight excluding hydrogens is 801 g/mol. The van der Waals surface area contributed by atoms with Crippen LogP contribution in [0.25, 0.3) is 0 Å². The Bertz CT molecular complexity index is 1500. The first-order valence-electron chi connectivity index (χ1n) is 24.1. The molecular formula is C52H88O11. The lowest BCUT2D eigenvalue weighted by atomic mass is 9.74. The number of Topliss-reactive ketones (excluding diaryl/α,β-unsaturated/α-hetero) is 4. The fourth-order valence-corrected chi connectivity index (χ4v) is 10.8. The fraction of sp³-hybridized carbons (Fsp3) is 0.827. The van der Waals surface area contributed by atoms with Crippen LogP contribution in [0.4, 0.5) is 0 Å². The number of carbonyl (C=O) groups excluding carboxylic acids is 5. The van der Waals surface area contributed by atoms with Crippen LogP contribution in [0.1, 0.15) is 171 Å². The normalized spacial score (nSPS) is 36.5. The number of hydrogen-bond acceptors (Lipinski definition) is 10. The zero-order chi connectivity index (χ0) is 44.8. The van der Waals surface area contributed by atoms with Gasteiger partial charge < -0.3 is 29.5 Å². The van der Waals surface area contributed by atoms with E-state index in [9.17, 15) is 29.1 Å². The molecule has 0 spiro atoms. The number of aliphatic hydroxyl groups is 1. The zero-order valence-electron chi connectivity index (χ0n) is 39.7. The second-order valence-corrected chi connectivity index (χ2v) is 20.1. The predicted octanol–water partition coefficient (Wildman–Crippen LogP) is 9.37. The molecule has 4 rings (SSSR count). The molecule has 362 valence electrons. The predicted molar refractivity (Wildman–Crippen MR) is 248 cm³/mol. The molecule has 2 heterocycles. The Labute approximate surface area is 380 Å². The lowest BCUT2D eigenvalue weighted by Gasteiger charge is -2.37. The van der Waals surface area contributed by atoms with Crippen LogP contribution < -0.4 is 0 Å². The summed E-state index contributed by atoms with van der Waals surface area (Å²) < 4.78 is 24.4. The molecule has 0 amide bonds. The molecule has 11 nitrogen and oxygen atoms in total. The van der Waals surface area contributed by atoms with Gasteiger partial charge in [0.2, 0.25) is 11.6 Å². The van der Waals surface area contributed by atoms with Gasteiger partial charge in [0.05, 0.1) is 24.2 Å². The van der Waals surface area contributed by atoms with Crippen molar-refractivity contribution in [1.82, 2.24) is 0 Å². The summed E-state index contributed by atoms with van der Waals surface area (Å²) in [5.74, 6) is -4.04. The molecule has 2 bridgehead atoms. The van der Waals surface area contributed by atoms with E-state index >= 15 is 0 Å². The summed E-state index contributed by atoms with van der Waals surface area (Å²) in [7, 11) is 3.13. The van der Waals surface area contributed by atoms with Crippen LogP contribution in [-0.4, -0.2) is 90.5 Å². The highest BCUT2D eigenvalue weighted by Gasteiger charge is 2.45. The van der Waals surface area contributed by atoms with Crippen LogP contribution in [0.3, 0.4) is 0 Å². The Morgan fingerprint density at radius 3 is 2.06 bits per heavy atom. The van der Waals surface area contributed by atoms with Crippen LogP contribution in [0.15, 0.2) is 23.8 Å². The molecule has 1 saturated heterocycles. The van der Waals surface area contributed by atoms with Crippen LogP contribution in [0.5, 0.6) is 0 Å². The Balaban J connectivity index is 0.00000683. The Morgan fingerprint density at radius 1 is 0.762 bits per heavy atom. The SMILES string of the molecule is C.COC1CC2CCC(C)C(O2)C(=O)C(=O)C2CCCCC2C(=O)OC(C(C)CC2CCCCC2)CC(=O)C(C)CC(C)C(O)C(OC)C(=O)C(C)CC(C)CCC=CC=C1C.O. The van der Waals surface area contributed by atoms with Gasteiger partial charge in [-0.05, 0) is 99.9 Å². The lowest BCUT2D eigenvalue weighted by Crippen LogP contribution is -2.47. The van der Waals surface area contributed by atoms with Gasteiger partial charge in [-0.15, -0.1) is 0 Å². The van der Waals surface area contributed by atoms with Gasteiger partial charge in [-0.25, -0.2) is 0 Å². The van der Waals surface area contributed by atoms with Gasteiger partial charge in [-0.1, -0.05) is 112 Å². The Hall–Kier alpha value is -2.57. The average molecular weight is 889 g/mol. The van der Waals surface area contributed by atoms with Crippen molar-refractivity contribution in [3.8, 4) is 0 Å². The third-order valence-corrected chi connectivity index (χ3v) is 15.0. The molecule has 0 aromatic heterocycles. The molecule has 2 aliphatic heterocycles. The number of ether oxygens (including phenoxy) is 4. The molecule has 0 radical (unpaired) electrons. The maximum Gasteiger partial charge on any atom is 0.309 e. The highest BCUT2D eigenvalue weighted by atomic mass is 16.5. The largest absolute Gasteiger partial charge is 0.461 e. The molecule has 2 aliphatic carbocycles. The maximum absolute atomic E-state index is 14.3. The van der Waals surface area contributed by atoms with Crippen LogP contribution in [0.2, 0.25) is 0 Å². The van der Waals surface area contributed by atoms with Crippen molar-refractivity contribution in [3.63, 3.8) is 0 Å². The molecule has 3 N–H and O–H groups in total. The molecule has 14 atom stereocenters. The summed E-state index contributed by atoms with van der Waals surface area (Å²) in [5, 5.41) is 11.5. The number of allylic oxidation sites excluding steroid dienone is 3. The van der Waals surface area contributed by atoms with Gasteiger partial charge in [0.25, 0.3) is 0 Å². The van der Waals surface area contributed by atoms with E-state index in [1.54, 1.807) is 7.11 Å². The molecule has 0 aromatic rings. The fourth-order valence-electron chi connectivity index (χ4n) is 10.8. The number of hydrogen-bond donors (Lipinski definition) is 1.